The quantitative estimate of drug-likeness (QED) is 0.114. The van der Waals surface area contributed by atoms with Crippen LogP contribution >= 0.6 is 12.6 Å². The highest BCUT2D eigenvalue weighted by Gasteiger charge is 2.28. The molecule has 0 aliphatic rings. The maximum absolute atomic E-state index is 12.6. The van der Waals surface area contributed by atoms with Gasteiger partial charge in [0.15, 0.2) is 0 Å². The second-order valence-electron chi connectivity index (χ2n) is 7.05. The lowest BCUT2D eigenvalue weighted by atomic mass is 10.1. The summed E-state index contributed by atoms with van der Waals surface area (Å²) in [6.45, 7) is 1.85. The van der Waals surface area contributed by atoms with E-state index in [0.717, 1.165) is 0 Å². The monoisotopic (exact) mass is 457 g/mol. The molecule has 1 heterocycles. The number of unbranched alkanes of at least 4 members (excludes halogenated alkanes) is 1. The molecule has 3 amide bonds. The van der Waals surface area contributed by atoms with Crippen molar-refractivity contribution in [2.45, 2.75) is 56.8 Å². The van der Waals surface area contributed by atoms with E-state index in [1.807, 2.05) is 0 Å². The molecule has 12 nitrogen and oxygen atoms in total. The Morgan fingerprint density at radius 3 is 2.35 bits per heavy atom. The Kier molecular flexibility index (Phi) is 11.6. The summed E-state index contributed by atoms with van der Waals surface area (Å²) in [6, 6.07) is -4.04. The fourth-order valence-electron chi connectivity index (χ4n) is 2.62. The Bertz CT molecular complexity index is 731. The van der Waals surface area contributed by atoms with Crippen molar-refractivity contribution in [2.24, 2.45) is 11.5 Å². The first-order valence-corrected chi connectivity index (χ1v) is 10.5. The minimum Gasteiger partial charge on any atom is -0.480 e. The summed E-state index contributed by atoms with van der Waals surface area (Å²) >= 11 is 3.97. The zero-order chi connectivity index (χ0) is 23.4. The van der Waals surface area contributed by atoms with E-state index in [9.17, 15) is 24.3 Å². The molecule has 0 aliphatic carbocycles. The summed E-state index contributed by atoms with van der Waals surface area (Å²) in [6.07, 6.45) is 4.40. The number of hydrogen-bond acceptors (Lipinski definition) is 8. The van der Waals surface area contributed by atoms with Crippen LogP contribution in [0.3, 0.4) is 0 Å². The number of amides is 3. The van der Waals surface area contributed by atoms with E-state index in [1.54, 1.807) is 0 Å². The Balaban J connectivity index is 2.72. The number of carboxylic acid groups (broad SMARTS) is 1. The Morgan fingerprint density at radius 1 is 1.13 bits per heavy atom. The number of carbonyl (C=O) groups excluding carboxylic acids is 3. The zero-order valence-corrected chi connectivity index (χ0v) is 18.2. The molecule has 31 heavy (non-hydrogen) atoms. The van der Waals surface area contributed by atoms with E-state index in [1.165, 1.54) is 19.4 Å². The van der Waals surface area contributed by atoms with E-state index in [2.05, 4.69) is 38.5 Å². The zero-order valence-electron chi connectivity index (χ0n) is 17.3. The van der Waals surface area contributed by atoms with E-state index >= 15 is 0 Å². The van der Waals surface area contributed by atoms with Crippen molar-refractivity contribution in [1.82, 2.24) is 25.9 Å². The van der Waals surface area contributed by atoms with E-state index in [0.29, 0.717) is 31.5 Å². The molecule has 1 aromatic heterocycles. The summed E-state index contributed by atoms with van der Waals surface area (Å²) in [4.78, 5) is 55.2. The van der Waals surface area contributed by atoms with Crippen LogP contribution in [-0.2, 0) is 25.6 Å². The maximum Gasteiger partial charge on any atom is 0.326 e. The van der Waals surface area contributed by atoms with Crippen LogP contribution < -0.4 is 27.4 Å². The average Bonchev–Trinajstić information content (AvgIpc) is 3.24. The molecular weight excluding hydrogens is 426 g/mol. The molecule has 0 saturated heterocycles. The fourth-order valence-corrected chi connectivity index (χ4v) is 2.78. The first-order valence-electron chi connectivity index (χ1n) is 9.87. The molecule has 0 fully saturated rings. The normalized spacial score (nSPS) is 14.7. The second kappa shape index (κ2) is 13.6. The predicted molar refractivity (Wildman–Crippen MR) is 116 cm³/mol. The molecule has 174 valence electrons. The molecule has 1 rings (SSSR count). The number of nitrogens with one attached hydrogen (secondary N) is 4. The van der Waals surface area contributed by atoms with E-state index < -0.39 is 47.9 Å². The lowest BCUT2D eigenvalue weighted by Gasteiger charge is -2.23. The topological polar surface area (TPSA) is 205 Å². The van der Waals surface area contributed by atoms with Gasteiger partial charge < -0.3 is 37.5 Å². The number of carbonyl (C=O) groups is 4. The van der Waals surface area contributed by atoms with Gasteiger partial charge in [-0.15, -0.1) is 0 Å². The Hall–Kier alpha value is -2.64. The number of aromatic amines is 1. The molecule has 0 aliphatic heterocycles. The van der Waals surface area contributed by atoms with Gasteiger partial charge in [-0.1, -0.05) is 0 Å². The number of aliphatic carboxylic acids is 1. The van der Waals surface area contributed by atoms with Gasteiger partial charge in [-0.2, -0.15) is 12.6 Å². The maximum atomic E-state index is 12.6. The number of nitrogens with two attached hydrogens (primary N) is 2. The standard InChI is InChI=1S/C18H31N7O5S/c1-10(15(26)25-14(18(29)30)6-11-7-21-9-22-11)23-17(28)13(4-2-3-5-19)24-16(27)12(20)8-31/h7,9-10,12-14,31H,2-6,8,19-20H2,1H3,(H,21,22)(H,23,28)(H,24,27)(H,25,26)(H,29,30). The van der Waals surface area contributed by atoms with Crippen LogP contribution in [0.4, 0.5) is 0 Å². The summed E-state index contributed by atoms with van der Waals surface area (Å²) in [7, 11) is 0. The van der Waals surface area contributed by atoms with Crippen LogP contribution in [-0.4, -0.2) is 75.2 Å². The molecule has 4 atom stereocenters. The van der Waals surface area contributed by atoms with Crippen LogP contribution in [0.1, 0.15) is 31.9 Å². The Labute approximate surface area is 185 Å². The largest absolute Gasteiger partial charge is 0.480 e. The second-order valence-corrected chi connectivity index (χ2v) is 7.41. The van der Waals surface area contributed by atoms with E-state index in [-0.39, 0.29) is 12.2 Å². The summed E-state index contributed by atoms with van der Waals surface area (Å²) in [5, 5.41) is 16.8. The predicted octanol–water partition coefficient (Wildman–Crippen LogP) is -2.10. The molecule has 0 aromatic carbocycles. The number of nitrogens with zero attached hydrogens (tertiary/aromatic N) is 1. The van der Waals surface area contributed by atoms with Gasteiger partial charge in [0.05, 0.1) is 12.4 Å². The van der Waals surface area contributed by atoms with Gasteiger partial charge in [-0.25, -0.2) is 9.78 Å². The van der Waals surface area contributed by atoms with Crippen molar-refractivity contribution in [3.8, 4) is 0 Å². The van der Waals surface area contributed by atoms with Crippen molar-refractivity contribution in [3.05, 3.63) is 18.2 Å². The van der Waals surface area contributed by atoms with Gasteiger partial charge in [0, 0.05) is 24.1 Å². The average molecular weight is 458 g/mol. The van der Waals surface area contributed by atoms with Crippen LogP contribution in [0.2, 0.25) is 0 Å². The molecule has 9 N–H and O–H groups in total. The molecule has 0 saturated carbocycles. The lowest BCUT2D eigenvalue weighted by Crippen LogP contribution is -2.56. The summed E-state index contributed by atoms with van der Waals surface area (Å²) in [5.74, 6) is -2.92. The highest BCUT2D eigenvalue weighted by atomic mass is 32.1. The van der Waals surface area contributed by atoms with Crippen molar-refractivity contribution in [2.75, 3.05) is 12.3 Å². The number of H-pyrrole nitrogens is 1. The van der Waals surface area contributed by atoms with Crippen LogP contribution in [0.5, 0.6) is 0 Å². The highest BCUT2D eigenvalue weighted by molar-refractivity contribution is 7.80. The SMILES string of the molecule is CC(NC(=O)C(CCCCN)NC(=O)C(N)CS)C(=O)NC(Cc1cnc[nH]1)C(=O)O. The van der Waals surface area contributed by atoms with Gasteiger partial charge in [0.25, 0.3) is 0 Å². The van der Waals surface area contributed by atoms with Crippen molar-refractivity contribution in [1.29, 1.82) is 0 Å². The molecular formula is C18H31N7O5S. The van der Waals surface area contributed by atoms with Gasteiger partial charge in [0.2, 0.25) is 17.7 Å². The van der Waals surface area contributed by atoms with Gasteiger partial charge in [0.1, 0.15) is 18.1 Å². The Morgan fingerprint density at radius 2 is 1.81 bits per heavy atom. The third-order valence-corrected chi connectivity index (χ3v) is 4.85. The number of imidazole rings is 1. The van der Waals surface area contributed by atoms with Gasteiger partial charge in [-0.05, 0) is 32.7 Å². The number of hydrogen-bond donors (Lipinski definition) is 8. The third kappa shape index (κ3) is 9.36. The van der Waals surface area contributed by atoms with Gasteiger partial charge in [-0.3, -0.25) is 14.4 Å². The minimum atomic E-state index is -1.23. The van der Waals surface area contributed by atoms with Crippen LogP contribution in [0, 0.1) is 0 Å². The first kappa shape index (κ1) is 26.4. The fraction of sp³-hybridized carbons (Fsp3) is 0.611. The number of carboxylic acids is 1. The number of thiol groups is 1. The summed E-state index contributed by atoms with van der Waals surface area (Å²) < 4.78 is 0. The molecule has 13 heteroatoms. The lowest BCUT2D eigenvalue weighted by molar-refractivity contribution is -0.142. The number of rotatable bonds is 14. The van der Waals surface area contributed by atoms with Crippen LogP contribution in [0.15, 0.2) is 12.5 Å². The minimum absolute atomic E-state index is 0.00112. The molecule has 4 unspecified atom stereocenters. The highest BCUT2D eigenvalue weighted by Crippen LogP contribution is 2.04. The van der Waals surface area contributed by atoms with Crippen molar-refractivity contribution < 1.29 is 24.3 Å². The summed E-state index contributed by atoms with van der Waals surface area (Å²) in [5.41, 5.74) is 11.7. The third-order valence-electron chi connectivity index (χ3n) is 4.46. The molecule has 1 aromatic rings. The first-order chi connectivity index (χ1) is 14.7. The smallest absolute Gasteiger partial charge is 0.326 e. The van der Waals surface area contributed by atoms with Crippen LogP contribution in [0.25, 0.3) is 0 Å². The van der Waals surface area contributed by atoms with Crippen molar-refractivity contribution in [3.63, 3.8) is 0 Å². The van der Waals surface area contributed by atoms with Crippen molar-refractivity contribution >= 4 is 36.3 Å². The molecule has 0 radical (unpaired) electrons. The number of aromatic nitrogens is 2. The molecule has 0 bridgehead atoms. The van der Waals surface area contributed by atoms with E-state index in [4.69, 9.17) is 11.5 Å². The molecule has 0 spiro atoms. The van der Waals surface area contributed by atoms with Gasteiger partial charge >= 0.3 is 5.97 Å².